The third-order valence-corrected chi connectivity index (χ3v) is 4.90. The average Bonchev–Trinajstić information content (AvgIpc) is 3.19. The summed E-state index contributed by atoms with van der Waals surface area (Å²) in [6, 6.07) is 19.4. The Bertz CT molecular complexity index is 732. The molecule has 1 unspecified atom stereocenters. The van der Waals surface area contributed by atoms with Crippen LogP contribution < -0.4 is 15.5 Å². The molecule has 1 atom stereocenters. The van der Waals surface area contributed by atoms with E-state index in [1.54, 1.807) is 0 Å². The second-order valence-corrected chi connectivity index (χ2v) is 6.74. The van der Waals surface area contributed by atoms with Crippen molar-refractivity contribution in [2.24, 2.45) is 4.99 Å². The molecule has 2 aromatic carbocycles. The van der Waals surface area contributed by atoms with Crippen molar-refractivity contribution in [3.8, 4) is 0 Å². The normalized spacial score (nSPS) is 17.2. The number of benzene rings is 2. The molecule has 0 saturated carbocycles. The Labute approximate surface area is 162 Å². The van der Waals surface area contributed by atoms with E-state index in [0.29, 0.717) is 12.6 Å². The van der Waals surface area contributed by atoms with Gasteiger partial charge in [0.05, 0.1) is 6.61 Å². The van der Waals surface area contributed by atoms with Crippen LogP contribution in [0.3, 0.4) is 0 Å². The monoisotopic (exact) mass is 366 g/mol. The van der Waals surface area contributed by atoms with Gasteiger partial charge in [-0.15, -0.1) is 0 Å². The van der Waals surface area contributed by atoms with Crippen LogP contribution in [0.1, 0.15) is 24.5 Å². The highest BCUT2D eigenvalue weighted by Crippen LogP contribution is 2.19. The van der Waals surface area contributed by atoms with Crippen LogP contribution in [0.4, 0.5) is 5.69 Å². The summed E-state index contributed by atoms with van der Waals surface area (Å²) in [5.41, 5.74) is 3.75. The van der Waals surface area contributed by atoms with E-state index in [2.05, 4.69) is 75.1 Å². The van der Waals surface area contributed by atoms with Crippen molar-refractivity contribution < 1.29 is 4.74 Å². The van der Waals surface area contributed by atoms with Gasteiger partial charge >= 0.3 is 0 Å². The second kappa shape index (κ2) is 9.97. The molecule has 1 aliphatic rings. The lowest BCUT2D eigenvalue weighted by Crippen LogP contribution is -2.44. The zero-order chi connectivity index (χ0) is 18.9. The fourth-order valence-corrected chi connectivity index (χ4v) is 3.40. The lowest BCUT2D eigenvalue weighted by atomic mass is 10.1. The van der Waals surface area contributed by atoms with Crippen LogP contribution in [0.25, 0.3) is 0 Å². The van der Waals surface area contributed by atoms with Crippen molar-refractivity contribution >= 4 is 11.6 Å². The molecule has 1 fully saturated rings. The minimum absolute atomic E-state index is 0.398. The zero-order valence-corrected chi connectivity index (χ0v) is 16.3. The summed E-state index contributed by atoms with van der Waals surface area (Å²) in [7, 11) is 1.82. The molecule has 144 valence electrons. The predicted molar refractivity (Wildman–Crippen MR) is 112 cm³/mol. The van der Waals surface area contributed by atoms with Crippen molar-refractivity contribution in [2.75, 3.05) is 31.6 Å². The Kier molecular flexibility index (Phi) is 7.11. The van der Waals surface area contributed by atoms with Gasteiger partial charge in [-0.3, -0.25) is 4.99 Å². The number of nitrogens with zero attached hydrogens (tertiary/aromatic N) is 2. The van der Waals surface area contributed by atoms with Gasteiger partial charge < -0.3 is 20.3 Å². The summed E-state index contributed by atoms with van der Waals surface area (Å²) in [6.07, 6.45) is 1.11. The minimum Gasteiger partial charge on any atom is -0.377 e. The molecule has 5 heteroatoms. The van der Waals surface area contributed by atoms with Crippen molar-refractivity contribution in [2.45, 2.75) is 32.5 Å². The first-order chi connectivity index (χ1) is 13.3. The summed E-state index contributed by atoms with van der Waals surface area (Å²) in [4.78, 5) is 6.82. The molecular weight excluding hydrogens is 336 g/mol. The lowest BCUT2D eigenvalue weighted by molar-refractivity contribution is 0.133. The molecule has 1 heterocycles. The van der Waals surface area contributed by atoms with E-state index in [1.807, 2.05) is 14.0 Å². The predicted octanol–water partition coefficient (Wildman–Crippen LogP) is 3.17. The second-order valence-electron chi connectivity index (χ2n) is 6.74. The van der Waals surface area contributed by atoms with Gasteiger partial charge in [0.15, 0.2) is 5.96 Å². The molecule has 0 aromatic heterocycles. The molecule has 0 spiro atoms. The fourth-order valence-electron chi connectivity index (χ4n) is 3.40. The molecule has 2 aromatic rings. The van der Waals surface area contributed by atoms with Crippen LogP contribution in [0.5, 0.6) is 0 Å². The Morgan fingerprint density at radius 3 is 2.59 bits per heavy atom. The first-order valence-electron chi connectivity index (χ1n) is 9.72. The maximum absolute atomic E-state index is 5.58. The maximum atomic E-state index is 5.58. The number of guanidine groups is 1. The van der Waals surface area contributed by atoms with E-state index in [0.717, 1.165) is 38.6 Å². The summed E-state index contributed by atoms with van der Waals surface area (Å²) in [5, 5.41) is 7.01. The van der Waals surface area contributed by atoms with E-state index in [4.69, 9.17) is 4.74 Å². The summed E-state index contributed by atoms with van der Waals surface area (Å²) in [5.74, 6) is 0.848. The van der Waals surface area contributed by atoms with Gasteiger partial charge in [-0.2, -0.15) is 0 Å². The van der Waals surface area contributed by atoms with Crippen LogP contribution in [0.15, 0.2) is 59.6 Å². The standard InChI is InChI=1S/C22H30N4O/c1-3-27-17-19-10-8-7-9-18(19)15-24-22(23-2)25-20-13-14-26(16-20)21-11-5-4-6-12-21/h4-12,20H,3,13-17H2,1-2H3,(H2,23,24,25). The number of ether oxygens (including phenoxy) is 1. The van der Waals surface area contributed by atoms with Crippen molar-refractivity contribution in [3.63, 3.8) is 0 Å². The number of anilines is 1. The maximum Gasteiger partial charge on any atom is 0.191 e. The summed E-state index contributed by atoms with van der Waals surface area (Å²) >= 11 is 0. The third-order valence-electron chi connectivity index (χ3n) is 4.90. The Morgan fingerprint density at radius 2 is 1.85 bits per heavy atom. The average molecular weight is 367 g/mol. The molecule has 0 amide bonds. The van der Waals surface area contributed by atoms with Crippen molar-refractivity contribution in [1.29, 1.82) is 0 Å². The van der Waals surface area contributed by atoms with E-state index in [9.17, 15) is 0 Å². The van der Waals surface area contributed by atoms with E-state index in [-0.39, 0.29) is 0 Å². The third kappa shape index (κ3) is 5.47. The highest BCUT2D eigenvalue weighted by Gasteiger charge is 2.23. The molecule has 2 N–H and O–H groups in total. The van der Waals surface area contributed by atoms with Gasteiger partial charge in [0, 0.05) is 45.0 Å². The van der Waals surface area contributed by atoms with E-state index < -0.39 is 0 Å². The van der Waals surface area contributed by atoms with Crippen LogP contribution in [-0.4, -0.2) is 38.7 Å². The number of hydrogen-bond acceptors (Lipinski definition) is 3. The van der Waals surface area contributed by atoms with Crippen LogP contribution >= 0.6 is 0 Å². The summed E-state index contributed by atoms with van der Waals surface area (Å²) in [6.45, 7) is 6.19. The number of aliphatic imine (C=N–C) groups is 1. The van der Waals surface area contributed by atoms with Crippen LogP contribution in [0.2, 0.25) is 0 Å². The minimum atomic E-state index is 0.398. The number of para-hydroxylation sites is 1. The van der Waals surface area contributed by atoms with Gasteiger partial charge in [0.1, 0.15) is 0 Å². The molecule has 27 heavy (non-hydrogen) atoms. The highest BCUT2D eigenvalue weighted by atomic mass is 16.5. The Balaban J connectivity index is 1.52. The smallest absolute Gasteiger partial charge is 0.191 e. The van der Waals surface area contributed by atoms with Crippen molar-refractivity contribution in [3.05, 3.63) is 65.7 Å². The fraction of sp³-hybridized carbons (Fsp3) is 0.409. The lowest BCUT2D eigenvalue weighted by Gasteiger charge is -2.20. The SMILES string of the molecule is CCOCc1ccccc1CNC(=NC)NC1CCN(c2ccccc2)C1. The Morgan fingerprint density at radius 1 is 1.11 bits per heavy atom. The first kappa shape index (κ1) is 19.2. The van der Waals surface area contributed by atoms with Gasteiger partial charge in [-0.25, -0.2) is 0 Å². The number of hydrogen-bond donors (Lipinski definition) is 2. The van der Waals surface area contributed by atoms with Crippen LogP contribution in [0, 0.1) is 0 Å². The van der Waals surface area contributed by atoms with Gasteiger partial charge in [-0.1, -0.05) is 42.5 Å². The Hall–Kier alpha value is -2.53. The molecule has 3 rings (SSSR count). The van der Waals surface area contributed by atoms with Crippen LogP contribution in [-0.2, 0) is 17.9 Å². The quantitative estimate of drug-likeness (QED) is 0.584. The molecule has 5 nitrogen and oxygen atoms in total. The molecule has 1 aliphatic heterocycles. The summed E-state index contributed by atoms with van der Waals surface area (Å²) < 4.78 is 5.58. The van der Waals surface area contributed by atoms with Gasteiger partial charge in [0.2, 0.25) is 0 Å². The highest BCUT2D eigenvalue weighted by molar-refractivity contribution is 5.80. The number of nitrogens with one attached hydrogen (secondary N) is 2. The molecular formula is C22H30N4O. The van der Waals surface area contributed by atoms with Gasteiger partial charge in [0.25, 0.3) is 0 Å². The van der Waals surface area contributed by atoms with E-state index >= 15 is 0 Å². The molecule has 0 bridgehead atoms. The van der Waals surface area contributed by atoms with Crippen molar-refractivity contribution in [1.82, 2.24) is 10.6 Å². The first-order valence-corrected chi connectivity index (χ1v) is 9.72. The molecule has 0 radical (unpaired) electrons. The molecule has 1 saturated heterocycles. The van der Waals surface area contributed by atoms with E-state index in [1.165, 1.54) is 16.8 Å². The largest absolute Gasteiger partial charge is 0.377 e. The zero-order valence-electron chi connectivity index (χ0n) is 16.3. The topological polar surface area (TPSA) is 48.9 Å². The number of rotatable bonds is 7. The molecule has 0 aliphatic carbocycles. The van der Waals surface area contributed by atoms with Gasteiger partial charge in [-0.05, 0) is 36.6 Å².